The van der Waals surface area contributed by atoms with Gasteiger partial charge in [-0.2, -0.15) is 0 Å². The van der Waals surface area contributed by atoms with Gasteiger partial charge in [0.05, 0.1) is 6.04 Å². The van der Waals surface area contributed by atoms with Crippen LogP contribution < -0.4 is 5.43 Å². The highest BCUT2D eigenvalue weighted by atomic mass is 16.4. The summed E-state index contributed by atoms with van der Waals surface area (Å²) in [7, 11) is 0. The predicted molar refractivity (Wildman–Crippen MR) is 71.5 cm³/mol. The highest BCUT2D eigenvalue weighted by Crippen LogP contribution is 2.48. The summed E-state index contributed by atoms with van der Waals surface area (Å²) >= 11 is 0. The maximum Gasteiger partial charge on any atom is 0.422 e. The molecule has 4 fully saturated rings. The molecule has 4 bridgehead atoms. The van der Waals surface area contributed by atoms with Crippen molar-refractivity contribution in [1.82, 2.24) is 10.4 Å². The van der Waals surface area contributed by atoms with Gasteiger partial charge in [0.2, 0.25) is 0 Å². The molecule has 0 aromatic heterocycles. The van der Waals surface area contributed by atoms with Crippen LogP contribution in [0.1, 0.15) is 51.4 Å². The summed E-state index contributed by atoms with van der Waals surface area (Å²) < 4.78 is 0. The van der Waals surface area contributed by atoms with Crippen molar-refractivity contribution in [2.75, 3.05) is 0 Å². The van der Waals surface area contributed by atoms with Gasteiger partial charge in [-0.25, -0.2) is 15.2 Å². The van der Waals surface area contributed by atoms with E-state index in [-0.39, 0.29) is 6.04 Å². The Bertz CT molecular complexity index is 386. The van der Waals surface area contributed by atoms with Gasteiger partial charge in [0.1, 0.15) is 0 Å². The summed E-state index contributed by atoms with van der Waals surface area (Å²) in [5, 5.41) is 11.2. The molecule has 1 amide bonds. The minimum atomic E-state index is -0.764. The van der Waals surface area contributed by atoms with Gasteiger partial charge in [-0.1, -0.05) is 12.8 Å². The zero-order chi connectivity index (χ0) is 13.0. The molecule has 0 heterocycles. The van der Waals surface area contributed by atoms with Crippen LogP contribution in [-0.4, -0.2) is 28.3 Å². The van der Waals surface area contributed by atoms with Gasteiger partial charge in [0, 0.05) is 6.04 Å². The van der Waals surface area contributed by atoms with E-state index in [1.54, 1.807) is 5.01 Å². The molecule has 2 N–H and O–H groups in total. The lowest BCUT2D eigenvalue weighted by atomic mass is 9.94. The van der Waals surface area contributed by atoms with E-state index in [1.807, 2.05) is 0 Å². The first-order valence-corrected chi connectivity index (χ1v) is 7.99. The monoisotopic (exact) mass is 264 g/mol. The van der Waals surface area contributed by atoms with E-state index in [2.05, 4.69) is 5.43 Å². The van der Waals surface area contributed by atoms with E-state index in [9.17, 15) is 9.90 Å². The minimum Gasteiger partial charge on any atom is -0.464 e. The van der Waals surface area contributed by atoms with Crippen molar-refractivity contribution in [3.63, 3.8) is 0 Å². The first kappa shape index (κ1) is 12.0. The summed E-state index contributed by atoms with van der Waals surface area (Å²) in [4.78, 5) is 11.6. The molecule has 0 aromatic rings. The Morgan fingerprint density at radius 1 is 0.947 bits per heavy atom. The van der Waals surface area contributed by atoms with E-state index < -0.39 is 6.09 Å². The number of fused-ring (bicyclic) bond motifs is 4. The molecule has 0 saturated heterocycles. The summed E-state index contributed by atoms with van der Waals surface area (Å²) in [5.74, 6) is 2.99. The van der Waals surface area contributed by atoms with Gasteiger partial charge in [-0.3, -0.25) is 0 Å². The Kier molecular flexibility index (Phi) is 2.76. The number of hydrazine groups is 1. The van der Waals surface area contributed by atoms with Crippen LogP contribution in [0.3, 0.4) is 0 Å². The Morgan fingerprint density at radius 2 is 1.63 bits per heavy atom. The van der Waals surface area contributed by atoms with E-state index >= 15 is 0 Å². The molecule has 0 spiro atoms. The van der Waals surface area contributed by atoms with Crippen molar-refractivity contribution in [1.29, 1.82) is 0 Å². The quantitative estimate of drug-likeness (QED) is 0.771. The molecule has 0 aliphatic heterocycles. The van der Waals surface area contributed by atoms with Crippen LogP contribution >= 0.6 is 0 Å². The summed E-state index contributed by atoms with van der Waals surface area (Å²) in [5.41, 5.74) is 3.41. The van der Waals surface area contributed by atoms with Crippen LogP contribution in [0.5, 0.6) is 0 Å². The van der Waals surface area contributed by atoms with Crippen LogP contribution in [0.4, 0.5) is 4.79 Å². The first-order chi connectivity index (χ1) is 9.20. The van der Waals surface area contributed by atoms with Gasteiger partial charge in [-0.05, 0) is 62.2 Å². The average molecular weight is 264 g/mol. The van der Waals surface area contributed by atoms with Crippen LogP contribution in [0.2, 0.25) is 0 Å². The molecule has 0 radical (unpaired) electrons. The number of nitrogens with zero attached hydrogens (tertiary/aromatic N) is 1. The second-order valence-corrected chi connectivity index (χ2v) is 7.31. The van der Waals surface area contributed by atoms with E-state index in [4.69, 9.17) is 0 Å². The molecule has 4 saturated carbocycles. The number of hydrogen-bond acceptors (Lipinski definition) is 2. The number of hydrogen-bond donors (Lipinski definition) is 2. The summed E-state index contributed by atoms with van der Waals surface area (Å²) in [6, 6.07) is 0.671. The standard InChI is InChI=1S/C15H24N2O2/c18-15(19)17(14-8-10-2-4-12(14)6-10)16-13-7-9-1-3-11(13)5-9/h9-14,16H,1-8H2,(H,18,19). The highest BCUT2D eigenvalue weighted by molar-refractivity contribution is 5.65. The summed E-state index contributed by atoms with van der Waals surface area (Å²) in [6.45, 7) is 0. The largest absolute Gasteiger partial charge is 0.464 e. The smallest absolute Gasteiger partial charge is 0.422 e. The van der Waals surface area contributed by atoms with Crippen molar-refractivity contribution in [3.8, 4) is 0 Å². The van der Waals surface area contributed by atoms with Gasteiger partial charge < -0.3 is 5.11 Å². The minimum absolute atomic E-state index is 0.246. The third-order valence-electron chi connectivity index (χ3n) is 6.28. The molecule has 6 unspecified atom stereocenters. The second kappa shape index (κ2) is 4.37. The lowest BCUT2D eigenvalue weighted by Crippen LogP contribution is -2.55. The predicted octanol–water partition coefficient (Wildman–Crippen LogP) is 2.85. The maximum atomic E-state index is 11.6. The molecule has 19 heavy (non-hydrogen) atoms. The second-order valence-electron chi connectivity index (χ2n) is 7.31. The number of carboxylic acid groups (broad SMARTS) is 1. The van der Waals surface area contributed by atoms with Crippen LogP contribution in [0.15, 0.2) is 0 Å². The first-order valence-electron chi connectivity index (χ1n) is 7.99. The van der Waals surface area contributed by atoms with Crippen LogP contribution in [-0.2, 0) is 0 Å². The Morgan fingerprint density at radius 3 is 2.11 bits per heavy atom. The Hall–Kier alpha value is -0.770. The number of carbonyl (C=O) groups is 1. The molecule has 6 atom stereocenters. The van der Waals surface area contributed by atoms with E-state index in [0.29, 0.717) is 12.0 Å². The third-order valence-corrected chi connectivity index (χ3v) is 6.28. The van der Waals surface area contributed by atoms with Crippen molar-refractivity contribution < 1.29 is 9.90 Å². The molecule has 0 aromatic carbocycles. The van der Waals surface area contributed by atoms with Crippen LogP contribution in [0, 0.1) is 23.7 Å². The van der Waals surface area contributed by atoms with E-state index in [1.165, 1.54) is 44.9 Å². The molecule has 4 rings (SSSR count). The molecular formula is C15H24N2O2. The van der Waals surface area contributed by atoms with Gasteiger partial charge in [0.15, 0.2) is 0 Å². The maximum absolute atomic E-state index is 11.6. The lowest BCUT2D eigenvalue weighted by molar-refractivity contribution is 0.0512. The number of nitrogens with one attached hydrogen (secondary N) is 1. The topological polar surface area (TPSA) is 52.6 Å². The van der Waals surface area contributed by atoms with Crippen molar-refractivity contribution in [2.45, 2.75) is 63.5 Å². The fraction of sp³-hybridized carbons (Fsp3) is 0.933. The van der Waals surface area contributed by atoms with E-state index in [0.717, 1.165) is 24.2 Å². The van der Waals surface area contributed by atoms with Gasteiger partial charge >= 0.3 is 6.09 Å². The Labute approximate surface area is 114 Å². The molecule has 4 nitrogen and oxygen atoms in total. The summed E-state index contributed by atoms with van der Waals surface area (Å²) in [6.07, 6.45) is 9.31. The van der Waals surface area contributed by atoms with Crippen molar-refractivity contribution in [3.05, 3.63) is 0 Å². The fourth-order valence-corrected chi connectivity index (χ4v) is 5.40. The fourth-order valence-electron chi connectivity index (χ4n) is 5.40. The SMILES string of the molecule is O=C(O)N(NC1CC2CCC1C2)C1CC2CCC1C2. The average Bonchev–Trinajstić information content (AvgIpc) is 3.14. The molecule has 106 valence electrons. The zero-order valence-corrected chi connectivity index (χ0v) is 11.4. The van der Waals surface area contributed by atoms with Gasteiger partial charge in [-0.15, -0.1) is 0 Å². The molecular weight excluding hydrogens is 240 g/mol. The molecule has 4 aliphatic carbocycles. The van der Waals surface area contributed by atoms with Gasteiger partial charge in [0.25, 0.3) is 0 Å². The zero-order valence-electron chi connectivity index (χ0n) is 11.4. The van der Waals surface area contributed by atoms with Crippen LogP contribution in [0.25, 0.3) is 0 Å². The molecule has 4 aliphatic rings. The molecule has 4 heteroatoms. The normalized spacial score (nSPS) is 46.9. The lowest BCUT2D eigenvalue weighted by Gasteiger charge is -2.36. The number of rotatable bonds is 3. The number of amides is 1. The highest BCUT2D eigenvalue weighted by Gasteiger charge is 2.46. The third kappa shape index (κ3) is 1.95. The van der Waals surface area contributed by atoms with Crippen molar-refractivity contribution >= 4 is 6.09 Å². The Balaban J connectivity index is 1.45. The van der Waals surface area contributed by atoms with Crippen molar-refractivity contribution in [2.24, 2.45) is 23.7 Å².